The number of allylic oxidation sites excluding steroid dienone is 1. The number of halogens is 3. The van der Waals surface area contributed by atoms with Gasteiger partial charge < -0.3 is 9.64 Å². The highest BCUT2D eigenvalue weighted by atomic mass is 35.5. The van der Waals surface area contributed by atoms with Crippen molar-refractivity contribution in [2.45, 2.75) is 25.7 Å². The van der Waals surface area contributed by atoms with Crippen molar-refractivity contribution < 1.29 is 9.53 Å². The lowest BCUT2D eigenvalue weighted by Gasteiger charge is -2.26. The fraction of sp³-hybridized carbons (Fsp3) is 0.308. The first-order chi connectivity index (χ1) is 16.5. The summed E-state index contributed by atoms with van der Waals surface area (Å²) in [6.45, 7) is 2.20. The summed E-state index contributed by atoms with van der Waals surface area (Å²) in [6, 6.07) is 13.1. The molecule has 1 saturated heterocycles. The maximum Gasteiger partial charge on any atom is 0.274 e. The molecule has 1 aliphatic heterocycles. The molecule has 0 atom stereocenters. The van der Waals surface area contributed by atoms with E-state index in [1.54, 1.807) is 18.2 Å². The lowest BCUT2D eigenvalue weighted by atomic mass is 10.0. The number of hydrogen-bond donors (Lipinski definition) is 0. The van der Waals surface area contributed by atoms with Crippen molar-refractivity contribution in [3.8, 4) is 5.69 Å². The van der Waals surface area contributed by atoms with Crippen LogP contribution in [0.3, 0.4) is 0 Å². The number of carbonyl (C=O) groups excluding carboxylic acids is 1. The smallest absolute Gasteiger partial charge is 0.274 e. The summed E-state index contributed by atoms with van der Waals surface area (Å²) in [7, 11) is 0. The number of fused-ring (bicyclic) bond motifs is 1. The average molecular weight is 517 g/mol. The van der Waals surface area contributed by atoms with Gasteiger partial charge in [-0.3, -0.25) is 4.79 Å². The third-order valence-electron chi connectivity index (χ3n) is 6.26. The van der Waals surface area contributed by atoms with Gasteiger partial charge in [-0.05, 0) is 73.2 Å². The molecule has 2 aliphatic rings. The van der Waals surface area contributed by atoms with Gasteiger partial charge in [0.05, 0.1) is 29.6 Å². The molecule has 2 aromatic carbocycles. The van der Waals surface area contributed by atoms with Gasteiger partial charge in [-0.2, -0.15) is 5.10 Å². The highest BCUT2D eigenvalue weighted by molar-refractivity contribution is 6.34. The Kier molecular flexibility index (Phi) is 6.98. The summed E-state index contributed by atoms with van der Waals surface area (Å²) in [6.07, 6.45) is 5.79. The molecule has 0 saturated carbocycles. The number of carbonyl (C=O) groups is 1. The number of morpholine rings is 1. The molecular weight excluding hydrogens is 493 g/mol. The van der Waals surface area contributed by atoms with Crippen LogP contribution in [0.2, 0.25) is 15.1 Å². The number of rotatable bonds is 3. The zero-order valence-electron chi connectivity index (χ0n) is 18.6. The van der Waals surface area contributed by atoms with Crippen molar-refractivity contribution in [3.63, 3.8) is 0 Å². The number of nitrogens with zero attached hydrogens (tertiary/aromatic N) is 3. The van der Waals surface area contributed by atoms with Crippen LogP contribution in [0.5, 0.6) is 0 Å². The first-order valence-electron chi connectivity index (χ1n) is 11.4. The molecule has 1 aliphatic carbocycles. The number of ether oxygens (including phenoxy) is 1. The van der Waals surface area contributed by atoms with Crippen LogP contribution in [0, 0.1) is 0 Å². The van der Waals surface area contributed by atoms with Gasteiger partial charge in [0, 0.05) is 28.7 Å². The van der Waals surface area contributed by atoms with Crippen LogP contribution < -0.4 is 0 Å². The lowest BCUT2D eigenvalue weighted by molar-refractivity contribution is 0.0298. The van der Waals surface area contributed by atoms with E-state index in [0.717, 1.165) is 48.1 Å². The molecule has 5 rings (SSSR count). The number of hydrogen-bond acceptors (Lipinski definition) is 3. The molecule has 0 radical (unpaired) electrons. The van der Waals surface area contributed by atoms with Crippen molar-refractivity contribution in [1.29, 1.82) is 0 Å². The summed E-state index contributed by atoms with van der Waals surface area (Å²) < 4.78 is 7.25. The standard InChI is InChI=1S/C26H24Cl3N3O2/c27-19-7-5-17(6-8-19)15-18-3-1-2-4-21-24(26(33)31-11-13-34-14-12-31)30-32(25(18)21)23-16-20(28)9-10-22(23)29/h5-10,15-16H,1-4,11-14H2/b18-15+. The molecule has 0 N–H and O–H groups in total. The van der Waals surface area contributed by atoms with Gasteiger partial charge in [0.15, 0.2) is 5.69 Å². The third kappa shape index (κ3) is 4.76. The molecule has 8 heteroatoms. The van der Waals surface area contributed by atoms with Gasteiger partial charge in [-0.1, -0.05) is 46.9 Å². The largest absolute Gasteiger partial charge is 0.378 e. The third-order valence-corrected chi connectivity index (χ3v) is 7.07. The molecule has 1 amide bonds. The van der Waals surface area contributed by atoms with Crippen molar-refractivity contribution in [3.05, 3.63) is 80.0 Å². The Balaban J connectivity index is 1.70. The monoisotopic (exact) mass is 515 g/mol. The van der Waals surface area contributed by atoms with Crippen molar-refractivity contribution >= 4 is 52.4 Å². The molecule has 3 aromatic rings. The first-order valence-corrected chi connectivity index (χ1v) is 12.6. The van der Waals surface area contributed by atoms with Gasteiger partial charge >= 0.3 is 0 Å². The second-order valence-corrected chi connectivity index (χ2v) is 9.80. The summed E-state index contributed by atoms with van der Waals surface area (Å²) in [5.41, 5.74) is 5.18. The van der Waals surface area contributed by atoms with Crippen molar-refractivity contribution in [2.75, 3.05) is 26.3 Å². The van der Waals surface area contributed by atoms with Gasteiger partial charge in [0.2, 0.25) is 0 Å². The second kappa shape index (κ2) is 10.1. The molecule has 176 valence electrons. The minimum absolute atomic E-state index is 0.0656. The molecule has 5 nitrogen and oxygen atoms in total. The quantitative estimate of drug-likeness (QED) is 0.370. The summed E-state index contributed by atoms with van der Waals surface area (Å²) >= 11 is 19.0. The van der Waals surface area contributed by atoms with Crippen LogP contribution in [0.15, 0.2) is 42.5 Å². The van der Waals surface area contributed by atoms with Crippen LogP contribution in [-0.4, -0.2) is 46.9 Å². The lowest BCUT2D eigenvalue weighted by Crippen LogP contribution is -2.41. The fourth-order valence-electron chi connectivity index (χ4n) is 4.56. The molecule has 2 heterocycles. The van der Waals surface area contributed by atoms with Crippen LogP contribution in [-0.2, 0) is 11.2 Å². The molecule has 0 spiro atoms. The van der Waals surface area contributed by atoms with E-state index in [1.807, 2.05) is 33.8 Å². The summed E-state index contributed by atoms with van der Waals surface area (Å²) in [4.78, 5) is 15.4. The van der Waals surface area contributed by atoms with Crippen LogP contribution in [0.1, 0.15) is 46.6 Å². The maximum atomic E-state index is 13.6. The van der Waals surface area contributed by atoms with E-state index in [1.165, 1.54) is 0 Å². The minimum Gasteiger partial charge on any atom is -0.378 e. The first kappa shape index (κ1) is 23.4. The zero-order chi connectivity index (χ0) is 23.7. The van der Waals surface area contributed by atoms with E-state index >= 15 is 0 Å². The van der Waals surface area contributed by atoms with Gasteiger partial charge in [0.1, 0.15) is 0 Å². The van der Waals surface area contributed by atoms with E-state index in [2.05, 4.69) is 6.08 Å². The Bertz CT molecular complexity index is 1240. The Morgan fingerprint density at radius 2 is 1.65 bits per heavy atom. The van der Waals surface area contributed by atoms with E-state index in [0.29, 0.717) is 52.8 Å². The topological polar surface area (TPSA) is 47.4 Å². The number of benzene rings is 2. The second-order valence-electron chi connectivity index (χ2n) is 8.52. The molecule has 0 unspecified atom stereocenters. The van der Waals surface area contributed by atoms with Crippen LogP contribution >= 0.6 is 34.8 Å². The van der Waals surface area contributed by atoms with E-state index in [4.69, 9.17) is 44.6 Å². The molecule has 1 fully saturated rings. The summed E-state index contributed by atoms with van der Waals surface area (Å²) in [5, 5.41) is 6.64. The van der Waals surface area contributed by atoms with Crippen molar-refractivity contribution in [2.24, 2.45) is 0 Å². The predicted molar refractivity (Wildman–Crippen MR) is 137 cm³/mol. The van der Waals surface area contributed by atoms with Crippen LogP contribution in [0.25, 0.3) is 17.3 Å². The Hall–Kier alpha value is -2.31. The molecular formula is C26H24Cl3N3O2. The zero-order valence-corrected chi connectivity index (χ0v) is 20.8. The Morgan fingerprint density at radius 3 is 2.41 bits per heavy atom. The highest BCUT2D eigenvalue weighted by Crippen LogP contribution is 2.37. The molecule has 1 aromatic heterocycles. The number of amides is 1. The molecule has 0 bridgehead atoms. The Morgan fingerprint density at radius 1 is 0.941 bits per heavy atom. The average Bonchev–Trinajstić information content (AvgIpc) is 3.10. The maximum absolute atomic E-state index is 13.6. The minimum atomic E-state index is -0.0656. The molecule has 34 heavy (non-hydrogen) atoms. The summed E-state index contributed by atoms with van der Waals surface area (Å²) in [5.74, 6) is -0.0656. The van der Waals surface area contributed by atoms with Gasteiger partial charge in [-0.15, -0.1) is 0 Å². The SMILES string of the molecule is O=C(c1nn(-c2cc(Cl)ccc2Cl)c2c1CCCC/C2=C\c1ccc(Cl)cc1)N1CCOCC1. The normalized spacial score (nSPS) is 17.5. The van der Waals surface area contributed by atoms with Crippen molar-refractivity contribution in [1.82, 2.24) is 14.7 Å². The van der Waals surface area contributed by atoms with Crippen LogP contribution in [0.4, 0.5) is 0 Å². The van der Waals surface area contributed by atoms with E-state index in [9.17, 15) is 4.79 Å². The van der Waals surface area contributed by atoms with E-state index in [-0.39, 0.29) is 5.91 Å². The predicted octanol–water partition coefficient (Wildman–Crippen LogP) is 6.57. The van der Waals surface area contributed by atoms with E-state index < -0.39 is 0 Å². The van der Waals surface area contributed by atoms with Gasteiger partial charge in [-0.25, -0.2) is 4.68 Å². The Labute approximate surface area is 213 Å². The number of aromatic nitrogens is 2. The van der Waals surface area contributed by atoms with Gasteiger partial charge in [0.25, 0.3) is 5.91 Å². The highest BCUT2D eigenvalue weighted by Gasteiger charge is 2.31. The fourth-order valence-corrected chi connectivity index (χ4v) is 5.05.